The maximum absolute atomic E-state index is 5.09. The van der Waals surface area contributed by atoms with Gasteiger partial charge >= 0.3 is 0 Å². The fraction of sp³-hybridized carbons (Fsp3) is 0.107. The van der Waals surface area contributed by atoms with Crippen molar-refractivity contribution < 1.29 is 0 Å². The summed E-state index contributed by atoms with van der Waals surface area (Å²) in [6, 6.07) is 51.0. The third-order valence-electron chi connectivity index (χ3n) is 12.6. The summed E-state index contributed by atoms with van der Waals surface area (Å²) >= 11 is 1.80. The first-order chi connectivity index (χ1) is 31.3. The quantitative estimate of drug-likeness (QED) is 0.0961. The Hall–Kier alpha value is -7.15. The predicted octanol–water partition coefficient (Wildman–Crippen LogP) is 12.2. The SMILES string of the molecule is C=C/C=C\c1c(/C=C(\C)c2ccc3c(c2)C(C)(C)c2ccc4nc(-c5ccccc5)sc4c2-3)c(BC)n(-c2cccc(-c3nc(-c4ccccc4)nc(-c4ccccc4)n3)c2)c1BC. The van der Waals surface area contributed by atoms with Gasteiger partial charge in [0.25, 0.3) is 0 Å². The third-order valence-corrected chi connectivity index (χ3v) is 13.8. The third kappa shape index (κ3) is 7.18. The highest BCUT2D eigenvalue weighted by Gasteiger charge is 2.37. The molecule has 308 valence electrons. The average molecular weight is 844 g/mol. The molecule has 0 saturated carbocycles. The molecular formula is C56H47B2N5S. The molecule has 0 unspecified atom stereocenters. The molecule has 3 aromatic heterocycles. The van der Waals surface area contributed by atoms with Gasteiger partial charge < -0.3 is 4.57 Å². The summed E-state index contributed by atoms with van der Waals surface area (Å²) in [6.07, 6.45) is 8.54. The van der Waals surface area contributed by atoms with E-state index < -0.39 is 0 Å². The van der Waals surface area contributed by atoms with Crippen LogP contribution in [0, 0.1) is 0 Å². The van der Waals surface area contributed by atoms with E-state index in [1.54, 1.807) is 11.3 Å². The van der Waals surface area contributed by atoms with Crippen molar-refractivity contribution in [2.24, 2.45) is 0 Å². The second-order valence-corrected chi connectivity index (χ2v) is 17.9. The molecule has 6 aromatic carbocycles. The lowest BCUT2D eigenvalue weighted by Gasteiger charge is -2.22. The molecule has 1 aliphatic rings. The monoisotopic (exact) mass is 843 g/mol. The van der Waals surface area contributed by atoms with Crippen LogP contribution in [0.4, 0.5) is 0 Å². The van der Waals surface area contributed by atoms with Gasteiger partial charge in [-0.1, -0.05) is 174 Å². The van der Waals surface area contributed by atoms with E-state index in [0.717, 1.165) is 53.0 Å². The topological polar surface area (TPSA) is 56.5 Å². The van der Waals surface area contributed by atoms with Crippen LogP contribution >= 0.6 is 11.3 Å². The van der Waals surface area contributed by atoms with Crippen molar-refractivity contribution in [2.45, 2.75) is 39.8 Å². The molecule has 0 bridgehead atoms. The summed E-state index contributed by atoms with van der Waals surface area (Å²) in [5.41, 5.74) is 18.6. The standard InChI is InChI=1S/C56H47B2N5S/c1-7-8-27-42-44(32-35(2)39-28-29-43-46(34-39)56(3,4)45-30-31-47-49(48(43)45)64-55(59-47)38-23-16-11-17-24-38)51(58-6)63(50(42)57-5)41-26-18-25-40(33-41)54-61-52(36-19-12-9-13-20-36)60-53(62-54)37-21-14-10-15-22-37/h7-34,57-58H,1H2,2-6H3/b27-8-,35-32+. The summed E-state index contributed by atoms with van der Waals surface area (Å²) in [7, 11) is 1.68. The van der Waals surface area contributed by atoms with E-state index in [9.17, 15) is 0 Å². The van der Waals surface area contributed by atoms with Crippen molar-refractivity contribution in [3.63, 3.8) is 0 Å². The Balaban J connectivity index is 1.07. The first-order valence-electron chi connectivity index (χ1n) is 22.1. The Bertz CT molecular complexity index is 3230. The van der Waals surface area contributed by atoms with Crippen LogP contribution in [0.1, 0.15) is 48.6 Å². The van der Waals surface area contributed by atoms with Crippen molar-refractivity contribution in [3.05, 3.63) is 192 Å². The van der Waals surface area contributed by atoms with Crippen molar-refractivity contribution >= 4 is 65.0 Å². The van der Waals surface area contributed by atoms with E-state index in [4.69, 9.17) is 19.9 Å². The van der Waals surface area contributed by atoms with Crippen molar-refractivity contribution in [1.29, 1.82) is 0 Å². The van der Waals surface area contributed by atoms with Gasteiger partial charge in [-0.15, -0.1) is 11.3 Å². The number of hydrogen-bond donors (Lipinski definition) is 0. The Kier molecular flexibility index (Phi) is 10.8. The molecule has 3 heterocycles. The molecule has 0 aliphatic heterocycles. The molecule has 0 fully saturated rings. The summed E-state index contributed by atoms with van der Waals surface area (Å²) in [5.74, 6) is 1.92. The maximum Gasteiger partial charge on any atom is 0.177 e. The molecule has 8 heteroatoms. The minimum atomic E-state index is -0.162. The Morgan fingerprint density at radius 2 is 1.22 bits per heavy atom. The molecule has 0 spiro atoms. The highest BCUT2D eigenvalue weighted by molar-refractivity contribution is 7.22. The summed E-state index contributed by atoms with van der Waals surface area (Å²) in [6.45, 7) is 15.5. The molecule has 0 amide bonds. The fourth-order valence-corrected chi connectivity index (χ4v) is 10.5. The molecule has 5 nitrogen and oxygen atoms in total. The fourth-order valence-electron chi connectivity index (χ4n) is 9.41. The lowest BCUT2D eigenvalue weighted by atomic mass is 9.73. The summed E-state index contributed by atoms with van der Waals surface area (Å²) in [5, 5.41) is 1.06. The van der Waals surface area contributed by atoms with E-state index >= 15 is 0 Å². The van der Waals surface area contributed by atoms with Crippen LogP contribution in [0.2, 0.25) is 13.6 Å². The molecular weight excluding hydrogens is 796 g/mol. The van der Waals surface area contributed by atoms with E-state index in [1.807, 2.05) is 66.7 Å². The average Bonchev–Trinajstić information content (AvgIpc) is 3.99. The largest absolute Gasteiger partial charge is 0.335 e. The first-order valence-corrected chi connectivity index (χ1v) is 22.9. The van der Waals surface area contributed by atoms with Gasteiger partial charge in [-0.3, -0.25) is 0 Å². The number of rotatable bonds is 11. The molecule has 0 radical (unpaired) electrons. The molecule has 0 N–H and O–H groups in total. The van der Waals surface area contributed by atoms with Gasteiger partial charge in [0.2, 0.25) is 0 Å². The minimum Gasteiger partial charge on any atom is -0.335 e. The van der Waals surface area contributed by atoms with Gasteiger partial charge in [0, 0.05) is 38.9 Å². The molecule has 10 rings (SSSR count). The van der Waals surface area contributed by atoms with Gasteiger partial charge in [0.1, 0.15) is 5.01 Å². The smallest absolute Gasteiger partial charge is 0.177 e. The molecule has 9 aromatic rings. The normalized spacial score (nSPS) is 13.0. The van der Waals surface area contributed by atoms with Crippen molar-refractivity contribution in [1.82, 2.24) is 24.5 Å². The van der Waals surface area contributed by atoms with E-state index in [-0.39, 0.29) is 5.41 Å². The van der Waals surface area contributed by atoms with E-state index in [2.05, 4.69) is 149 Å². The maximum atomic E-state index is 5.09. The molecule has 0 atom stereocenters. The second-order valence-electron chi connectivity index (χ2n) is 16.9. The van der Waals surface area contributed by atoms with Gasteiger partial charge in [-0.25, -0.2) is 19.9 Å². The minimum absolute atomic E-state index is 0.162. The number of thiazole rings is 1. The zero-order chi connectivity index (χ0) is 44.0. The summed E-state index contributed by atoms with van der Waals surface area (Å²) in [4.78, 5) is 20.2. The number of allylic oxidation sites excluding steroid dienone is 3. The van der Waals surface area contributed by atoms with Crippen LogP contribution < -0.4 is 11.2 Å². The van der Waals surface area contributed by atoms with Gasteiger partial charge in [0.15, 0.2) is 32.0 Å². The lowest BCUT2D eigenvalue weighted by molar-refractivity contribution is 0.660. The zero-order valence-corrected chi connectivity index (χ0v) is 37.7. The zero-order valence-electron chi connectivity index (χ0n) is 36.9. The van der Waals surface area contributed by atoms with Crippen LogP contribution in [0.25, 0.3) is 89.5 Å². The predicted molar refractivity (Wildman–Crippen MR) is 276 cm³/mol. The number of benzene rings is 6. The number of fused-ring (bicyclic) bond motifs is 5. The van der Waals surface area contributed by atoms with Crippen LogP contribution in [0.15, 0.2) is 164 Å². The molecule has 64 heavy (non-hydrogen) atoms. The lowest BCUT2D eigenvalue weighted by Crippen LogP contribution is -2.32. The van der Waals surface area contributed by atoms with Gasteiger partial charge in [0.05, 0.1) is 10.2 Å². The van der Waals surface area contributed by atoms with Gasteiger partial charge in [-0.05, 0) is 87.4 Å². The van der Waals surface area contributed by atoms with Crippen LogP contribution in [-0.2, 0) is 5.41 Å². The van der Waals surface area contributed by atoms with E-state index in [1.165, 1.54) is 60.4 Å². The van der Waals surface area contributed by atoms with Crippen LogP contribution in [0.5, 0.6) is 0 Å². The Morgan fingerprint density at radius 1 is 0.625 bits per heavy atom. The van der Waals surface area contributed by atoms with Crippen LogP contribution in [0.3, 0.4) is 0 Å². The van der Waals surface area contributed by atoms with Gasteiger partial charge in [-0.2, -0.15) is 0 Å². The van der Waals surface area contributed by atoms with Crippen molar-refractivity contribution in [2.75, 3.05) is 0 Å². The molecule has 0 saturated heterocycles. The highest BCUT2D eigenvalue weighted by atomic mass is 32.1. The summed E-state index contributed by atoms with van der Waals surface area (Å²) < 4.78 is 3.71. The van der Waals surface area contributed by atoms with Crippen molar-refractivity contribution in [3.8, 4) is 61.5 Å². The van der Waals surface area contributed by atoms with E-state index in [0.29, 0.717) is 17.5 Å². The molecule has 1 aliphatic carbocycles. The highest BCUT2D eigenvalue weighted by Crippen LogP contribution is 2.53. The number of nitrogens with zero attached hydrogens (tertiary/aromatic N) is 5. The Morgan fingerprint density at radius 3 is 1.84 bits per heavy atom. The number of hydrogen-bond acceptors (Lipinski definition) is 5. The Labute approximate surface area is 381 Å². The number of aromatic nitrogens is 5. The second kappa shape index (κ2) is 16.9. The first kappa shape index (κ1) is 40.9. The van der Waals surface area contributed by atoms with Crippen LogP contribution in [-0.4, -0.2) is 39.1 Å².